The van der Waals surface area contributed by atoms with E-state index >= 15 is 0 Å². The van der Waals surface area contributed by atoms with Crippen LogP contribution < -0.4 is 4.74 Å². The van der Waals surface area contributed by atoms with Gasteiger partial charge >= 0.3 is 5.97 Å². The zero-order valence-corrected chi connectivity index (χ0v) is 19.4. The van der Waals surface area contributed by atoms with E-state index in [4.69, 9.17) is 4.74 Å². The van der Waals surface area contributed by atoms with Crippen LogP contribution in [0.3, 0.4) is 0 Å². The third kappa shape index (κ3) is 5.22. The summed E-state index contributed by atoms with van der Waals surface area (Å²) in [5.41, 5.74) is 2.92. The second-order valence-electron chi connectivity index (χ2n) is 8.62. The van der Waals surface area contributed by atoms with Crippen molar-refractivity contribution in [1.29, 1.82) is 5.26 Å². The lowest BCUT2D eigenvalue weighted by Crippen LogP contribution is -2.29. The average molecular weight is 465 g/mol. The molecule has 0 radical (unpaired) electrons. The third-order valence-corrected chi connectivity index (χ3v) is 6.10. The molecular weight excluding hydrogens is 436 g/mol. The Labute approximate surface area is 197 Å². The standard InChI is InChI=1S/C23H28N8O3/c1-3-4-7-16-13-31(29-26-16)14-20-22(27-28-30(20)2)18-9-10-21(19(12-24)25-18)34-17-8-5-6-15(11-17)23(32)33/h9-10,13,15,17H,3-8,11,14H2,1-2H3,(H,32,33)/t15-,17-/m0/s1. The van der Waals surface area contributed by atoms with Gasteiger partial charge in [-0.15, -0.1) is 10.2 Å². The molecule has 1 fully saturated rings. The van der Waals surface area contributed by atoms with Crippen molar-refractivity contribution in [2.24, 2.45) is 13.0 Å². The zero-order valence-electron chi connectivity index (χ0n) is 19.4. The first-order valence-corrected chi connectivity index (χ1v) is 11.6. The molecule has 11 heteroatoms. The number of ether oxygens (including phenoxy) is 1. The van der Waals surface area contributed by atoms with E-state index in [-0.39, 0.29) is 11.8 Å². The molecule has 1 aliphatic carbocycles. The molecule has 0 aromatic carbocycles. The van der Waals surface area contributed by atoms with Crippen LogP contribution in [0.4, 0.5) is 0 Å². The van der Waals surface area contributed by atoms with Gasteiger partial charge in [0.25, 0.3) is 0 Å². The minimum Gasteiger partial charge on any atom is -0.487 e. The number of nitrogens with zero attached hydrogens (tertiary/aromatic N) is 8. The van der Waals surface area contributed by atoms with Gasteiger partial charge in [-0.25, -0.2) is 14.3 Å². The molecule has 0 bridgehead atoms. The molecule has 178 valence electrons. The fraction of sp³-hybridized carbons (Fsp3) is 0.522. The molecule has 4 rings (SSSR count). The lowest BCUT2D eigenvalue weighted by Gasteiger charge is -2.27. The first-order valence-electron chi connectivity index (χ1n) is 11.6. The molecule has 2 atom stereocenters. The molecule has 11 nitrogen and oxygen atoms in total. The normalized spacial score (nSPS) is 17.9. The Morgan fingerprint density at radius 3 is 2.91 bits per heavy atom. The van der Waals surface area contributed by atoms with Crippen LogP contribution in [0.5, 0.6) is 5.75 Å². The fourth-order valence-corrected chi connectivity index (χ4v) is 4.20. The van der Waals surface area contributed by atoms with E-state index in [1.165, 1.54) is 0 Å². The van der Waals surface area contributed by atoms with Crippen LogP contribution >= 0.6 is 0 Å². The van der Waals surface area contributed by atoms with Gasteiger partial charge in [-0.05, 0) is 50.7 Å². The van der Waals surface area contributed by atoms with Gasteiger partial charge in [0, 0.05) is 13.2 Å². The Morgan fingerprint density at radius 1 is 1.29 bits per heavy atom. The van der Waals surface area contributed by atoms with Crippen LogP contribution in [-0.2, 0) is 24.8 Å². The van der Waals surface area contributed by atoms with E-state index < -0.39 is 11.9 Å². The molecule has 34 heavy (non-hydrogen) atoms. The predicted octanol–water partition coefficient (Wildman–Crippen LogP) is 2.75. The summed E-state index contributed by atoms with van der Waals surface area (Å²) in [6.07, 6.45) is 7.31. The summed E-state index contributed by atoms with van der Waals surface area (Å²) in [6.45, 7) is 2.55. The Balaban J connectivity index is 1.53. The van der Waals surface area contributed by atoms with Crippen molar-refractivity contribution >= 4 is 5.97 Å². The molecule has 0 aliphatic heterocycles. The summed E-state index contributed by atoms with van der Waals surface area (Å²) in [7, 11) is 1.80. The maximum absolute atomic E-state index is 11.3. The fourth-order valence-electron chi connectivity index (χ4n) is 4.20. The van der Waals surface area contributed by atoms with Crippen LogP contribution in [0.25, 0.3) is 11.4 Å². The number of carbonyl (C=O) groups is 1. The monoisotopic (exact) mass is 464 g/mol. The Hall–Kier alpha value is -3.81. The van der Waals surface area contributed by atoms with Crippen molar-refractivity contribution in [2.45, 2.75) is 64.5 Å². The summed E-state index contributed by atoms with van der Waals surface area (Å²) in [6, 6.07) is 5.53. The van der Waals surface area contributed by atoms with Gasteiger partial charge in [-0.2, -0.15) is 5.26 Å². The van der Waals surface area contributed by atoms with Crippen LogP contribution in [0.2, 0.25) is 0 Å². The molecule has 3 heterocycles. The van der Waals surface area contributed by atoms with E-state index in [0.717, 1.165) is 43.5 Å². The summed E-state index contributed by atoms with van der Waals surface area (Å²) < 4.78 is 9.41. The van der Waals surface area contributed by atoms with Gasteiger partial charge in [0.2, 0.25) is 0 Å². The van der Waals surface area contributed by atoms with E-state index in [0.29, 0.717) is 36.5 Å². The number of aliphatic carboxylic acids is 1. The van der Waals surface area contributed by atoms with E-state index in [2.05, 4.69) is 38.6 Å². The van der Waals surface area contributed by atoms with Gasteiger partial charge in [0.15, 0.2) is 11.4 Å². The molecule has 3 aromatic rings. The Bertz CT molecular complexity index is 1200. The van der Waals surface area contributed by atoms with E-state index in [1.807, 2.05) is 6.20 Å². The molecule has 3 aromatic heterocycles. The number of carboxylic acids is 1. The molecule has 1 aliphatic rings. The quantitative estimate of drug-likeness (QED) is 0.505. The lowest BCUT2D eigenvalue weighted by atomic mass is 9.87. The number of carboxylic acid groups (broad SMARTS) is 1. The van der Waals surface area contributed by atoms with Gasteiger partial charge in [0.1, 0.15) is 11.8 Å². The van der Waals surface area contributed by atoms with Crippen molar-refractivity contribution in [1.82, 2.24) is 35.0 Å². The average Bonchev–Trinajstić information content (AvgIpc) is 3.45. The molecule has 1 N–H and O–H groups in total. The minimum atomic E-state index is -0.803. The highest BCUT2D eigenvalue weighted by molar-refractivity contribution is 5.70. The van der Waals surface area contributed by atoms with Crippen LogP contribution in [0.15, 0.2) is 18.3 Å². The second-order valence-corrected chi connectivity index (χ2v) is 8.62. The summed E-state index contributed by atoms with van der Waals surface area (Å²) in [5.74, 6) is -0.871. The predicted molar refractivity (Wildman–Crippen MR) is 121 cm³/mol. The van der Waals surface area contributed by atoms with Crippen LogP contribution in [-0.4, -0.2) is 52.2 Å². The SMILES string of the molecule is CCCCc1cn(Cc2c(-c3ccc(O[C@H]4CCC[C@H](C(=O)O)C4)c(C#N)n3)nnn2C)nn1. The third-order valence-electron chi connectivity index (χ3n) is 6.10. The highest BCUT2D eigenvalue weighted by atomic mass is 16.5. The van der Waals surface area contributed by atoms with Crippen molar-refractivity contribution in [3.05, 3.63) is 35.4 Å². The summed E-state index contributed by atoms with van der Waals surface area (Å²) >= 11 is 0. The Kier molecular flexibility index (Phi) is 7.15. The first kappa shape index (κ1) is 23.4. The van der Waals surface area contributed by atoms with E-state index in [9.17, 15) is 15.2 Å². The topological polar surface area (TPSA) is 145 Å². The smallest absolute Gasteiger partial charge is 0.306 e. The molecule has 1 saturated carbocycles. The Morgan fingerprint density at radius 2 is 2.15 bits per heavy atom. The number of aryl methyl sites for hydroxylation is 2. The zero-order chi connectivity index (χ0) is 24.1. The molecule has 0 unspecified atom stereocenters. The molecule has 0 spiro atoms. The van der Waals surface area contributed by atoms with Gasteiger partial charge in [-0.1, -0.05) is 23.8 Å². The largest absolute Gasteiger partial charge is 0.487 e. The maximum atomic E-state index is 11.3. The number of nitriles is 1. The molecule has 0 saturated heterocycles. The summed E-state index contributed by atoms with van der Waals surface area (Å²) in [5, 5.41) is 35.8. The lowest BCUT2D eigenvalue weighted by molar-refractivity contribution is -0.143. The number of aromatic nitrogens is 7. The summed E-state index contributed by atoms with van der Waals surface area (Å²) in [4.78, 5) is 15.8. The first-order chi connectivity index (χ1) is 16.5. The van der Waals surface area contributed by atoms with Gasteiger partial charge in [-0.3, -0.25) is 4.79 Å². The van der Waals surface area contributed by atoms with Crippen molar-refractivity contribution in [3.8, 4) is 23.2 Å². The second kappa shape index (κ2) is 10.4. The maximum Gasteiger partial charge on any atom is 0.306 e. The van der Waals surface area contributed by atoms with Crippen molar-refractivity contribution < 1.29 is 14.6 Å². The molecule has 0 amide bonds. The molecular formula is C23H28N8O3. The highest BCUT2D eigenvalue weighted by Gasteiger charge is 2.29. The van der Waals surface area contributed by atoms with Gasteiger partial charge in [0.05, 0.1) is 35.6 Å². The number of pyridine rings is 1. The number of hydrogen-bond donors (Lipinski definition) is 1. The minimum absolute atomic E-state index is 0.133. The number of rotatable bonds is 9. The van der Waals surface area contributed by atoms with Crippen LogP contribution in [0, 0.1) is 17.2 Å². The number of unbranched alkanes of at least 4 members (excludes halogenated alkanes) is 1. The number of hydrogen-bond acceptors (Lipinski definition) is 8. The van der Waals surface area contributed by atoms with Crippen molar-refractivity contribution in [3.63, 3.8) is 0 Å². The highest BCUT2D eigenvalue weighted by Crippen LogP contribution is 2.30. The van der Waals surface area contributed by atoms with Crippen molar-refractivity contribution in [2.75, 3.05) is 0 Å². The van der Waals surface area contributed by atoms with E-state index in [1.54, 1.807) is 28.5 Å². The van der Waals surface area contributed by atoms with Gasteiger partial charge < -0.3 is 9.84 Å². The van der Waals surface area contributed by atoms with Crippen LogP contribution in [0.1, 0.15) is 62.5 Å².